The third kappa shape index (κ3) is 9.18. The van der Waals surface area contributed by atoms with Crippen molar-refractivity contribution in [3.63, 3.8) is 0 Å². The van der Waals surface area contributed by atoms with Crippen molar-refractivity contribution in [1.82, 2.24) is 0 Å². The van der Waals surface area contributed by atoms with E-state index < -0.39 is 18.4 Å². The van der Waals surface area contributed by atoms with Gasteiger partial charge in [-0.15, -0.1) is 0 Å². The highest BCUT2D eigenvalue weighted by atomic mass is 19.5. The molecule has 0 aliphatic carbocycles. The van der Waals surface area contributed by atoms with Crippen LogP contribution in [-0.2, 0) is 0 Å². The quantitative estimate of drug-likeness (QED) is 0.527. The molecule has 0 nitrogen and oxygen atoms in total. The van der Waals surface area contributed by atoms with Crippen molar-refractivity contribution in [3.05, 3.63) is 12.7 Å². The first-order chi connectivity index (χ1) is 4.98. The Hall–Kier alpha value is -0.820. The zero-order valence-electron chi connectivity index (χ0n) is 5.23. The number of hydrogen-bond acceptors (Lipinski definition) is 0. The van der Waals surface area contributed by atoms with Gasteiger partial charge in [-0.05, 0) is 6.58 Å². The number of hydrogen-bond donors (Lipinski definition) is 0. The SMILES string of the molecule is C=C(F)F.FC(F)(F)C(F)(F)F. The fourth-order valence-electron chi connectivity index (χ4n) is 0. The summed E-state index contributed by atoms with van der Waals surface area (Å²) in [6.07, 6.45) is -14.0. The van der Waals surface area contributed by atoms with Crippen LogP contribution in [0.3, 0.4) is 0 Å². The molecule has 0 rings (SSSR count). The molecule has 0 radical (unpaired) electrons. The molecule has 0 spiro atoms. The van der Waals surface area contributed by atoms with Gasteiger partial charge >= 0.3 is 12.4 Å². The van der Waals surface area contributed by atoms with E-state index in [0.29, 0.717) is 0 Å². The summed E-state index contributed by atoms with van der Waals surface area (Å²) in [6, 6.07) is 0. The van der Waals surface area contributed by atoms with E-state index in [1.165, 1.54) is 0 Å². The third-order valence-corrected chi connectivity index (χ3v) is 0.321. The van der Waals surface area contributed by atoms with E-state index >= 15 is 0 Å². The predicted molar refractivity (Wildman–Crippen MR) is 23.5 cm³/mol. The molecule has 0 aromatic heterocycles. The smallest absolute Gasteiger partial charge is 0.174 e. The Morgan fingerprint density at radius 2 is 0.833 bits per heavy atom. The van der Waals surface area contributed by atoms with Crippen LogP contribution in [-0.4, -0.2) is 12.4 Å². The minimum absolute atomic E-state index is 1.83. The number of halogens is 8. The van der Waals surface area contributed by atoms with Gasteiger partial charge in [-0.3, -0.25) is 0 Å². The van der Waals surface area contributed by atoms with Crippen molar-refractivity contribution in [2.24, 2.45) is 0 Å². The Morgan fingerprint density at radius 3 is 0.833 bits per heavy atom. The topological polar surface area (TPSA) is 0 Å². The molecule has 0 saturated heterocycles. The lowest BCUT2D eigenvalue weighted by molar-refractivity contribution is -0.339. The van der Waals surface area contributed by atoms with Crippen LogP contribution < -0.4 is 0 Å². The number of alkyl halides is 6. The van der Waals surface area contributed by atoms with Crippen molar-refractivity contribution < 1.29 is 35.1 Å². The Morgan fingerprint density at radius 1 is 0.750 bits per heavy atom. The summed E-state index contributed by atoms with van der Waals surface area (Å²) < 4.78 is 82.9. The number of rotatable bonds is 0. The van der Waals surface area contributed by atoms with E-state index in [9.17, 15) is 35.1 Å². The zero-order valence-corrected chi connectivity index (χ0v) is 5.23. The van der Waals surface area contributed by atoms with Gasteiger partial charge in [0.15, 0.2) is 0 Å². The molecule has 0 saturated carbocycles. The lowest BCUT2D eigenvalue weighted by atomic mass is 10.7. The first-order valence-corrected chi connectivity index (χ1v) is 2.12. The maximum atomic E-state index is 10.4. The average molecular weight is 202 g/mol. The Balaban J connectivity index is 0. The lowest BCUT2D eigenvalue weighted by Crippen LogP contribution is -2.30. The molecule has 0 unspecified atom stereocenters. The molecule has 12 heavy (non-hydrogen) atoms. The summed E-state index contributed by atoms with van der Waals surface area (Å²) in [5.74, 6) is 0. The highest BCUT2D eigenvalue weighted by molar-refractivity contribution is 4.60. The second-order valence-corrected chi connectivity index (χ2v) is 1.33. The molecule has 0 amide bonds. The molecule has 0 atom stereocenters. The molecule has 0 aliphatic heterocycles. The first-order valence-electron chi connectivity index (χ1n) is 2.12. The van der Waals surface area contributed by atoms with Crippen LogP contribution in [0, 0.1) is 0 Å². The van der Waals surface area contributed by atoms with E-state index in [4.69, 9.17) is 0 Å². The molecule has 0 aromatic carbocycles. The van der Waals surface area contributed by atoms with Crippen molar-refractivity contribution in [2.45, 2.75) is 12.4 Å². The molecule has 8 heteroatoms. The minimum Gasteiger partial charge on any atom is -0.174 e. The van der Waals surface area contributed by atoms with Gasteiger partial charge in [0.05, 0.1) is 0 Å². The molecule has 0 bridgehead atoms. The fraction of sp³-hybridized carbons (Fsp3) is 0.500. The van der Waals surface area contributed by atoms with E-state index in [1.54, 1.807) is 0 Å². The lowest BCUT2D eigenvalue weighted by Gasteiger charge is -2.08. The van der Waals surface area contributed by atoms with Crippen molar-refractivity contribution in [1.29, 1.82) is 0 Å². The molecule has 0 fully saturated rings. The Labute approximate surface area is 61.5 Å². The fourth-order valence-corrected chi connectivity index (χ4v) is 0. The van der Waals surface area contributed by atoms with Gasteiger partial charge in [-0.25, -0.2) is 0 Å². The van der Waals surface area contributed by atoms with Crippen molar-refractivity contribution >= 4 is 0 Å². The highest BCUT2D eigenvalue weighted by Gasteiger charge is 2.58. The normalized spacial score (nSPS) is 11.7. The molecule has 74 valence electrons. The average Bonchev–Trinajstić information content (AvgIpc) is 1.55. The summed E-state index contributed by atoms with van der Waals surface area (Å²) >= 11 is 0. The summed E-state index contributed by atoms with van der Waals surface area (Å²) in [4.78, 5) is 0. The molecular weight excluding hydrogens is 200 g/mol. The van der Waals surface area contributed by atoms with Crippen molar-refractivity contribution in [2.75, 3.05) is 0 Å². The molecule has 0 N–H and O–H groups in total. The van der Waals surface area contributed by atoms with Gasteiger partial charge in [0.25, 0.3) is 6.08 Å². The summed E-state index contributed by atoms with van der Waals surface area (Å²) in [5, 5.41) is 0. The Bertz CT molecular complexity index is 122. The third-order valence-electron chi connectivity index (χ3n) is 0.321. The van der Waals surface area contributed by atoms with Gasteiger partial charge in [-0.1, -0.05) is 0 Å². The summed E-state index contributed by atoms with van der Waals surface area (Å²) in [7, 11) is 0. The second-order valence-electron chi connectivity index (χ2n) is 1.33. The highest BCUT2D eigenvalue weighted by Crippen LogP contribution is 2.35. The summed E-state index contributed by atoms with van der Waals surface area (Å²) in [6.45, 7) is 2.22. The maximum absolute atomic E-state index is 10.4. The van der Waals surface area contributed by atoms with Crippen LogP contribution in [0.5, 0.6) is 0 Å². The van der Waals surface area contributed by atoms with Crippen LogP contribution in [0.1, 0.15) is 0 Å². The molecule has 0 aliphatic rings. The van der Waals surface area contributed by atoms with E-state index in [0.717, 1.165) is 0 Å². The van der Waals surface area contributed by atoms with E-state index in [2.05, 4.69) is 6.58 Å². The predicted octanol–water partition coefficient (Wildman–Crippen LogP) is 3.51. The Kier molecular flexibility index (Phi) is 4.89. The van der Waals surface area contributed by atoms with Gasteiger partial charge in [0.1, 0.15) is 0 Å². The van der Waals surface area contributed by atoms with E-state index in [1.807, 2.05) is 0 Å². The van der Waals surface area contributed by atoms with Crippen LogP contribution in [0.2, 0.25) is 0 Å². The van der Waals surface area contributed by atoms with Crippen LogP contribution in [0.15, 0.2) is 12.7 Å². The second kappa shape index (κ2) is 4.27. The minimum atomic E-state index is -6.06. The zero-order chi connectivity index (χ0) is 10.6. The van der Waals surface area contributed by atoms with Gasteiger partial charge < -0.3 is 0 Å². The molecule has 0 heterocycles. The standard InChI is InChI=1S/C2F6.C2H2F2/c3-1(4,5)2(6,7)8;1-2(3)4/h;1H2. The largest absolute Gasteiger partial charge is 0.487 e. The van der Waals surface area contributed by atoms with Crippen LogP contribution in [0.4, 0.5) is 35.1 Å². The van der Waals surface area contributed by atoms with Gasteiger partial charge in [-0.2, -0.15) is 35.1 Å². The van der Waals surface area contributed by atoms with Gasteiger partial charge in [0, 0.05) is 0 Å². The molecular formula is C4H2F8. The van der Waals surface area contributed by atoms with E-state index in [-0.39, 0.29) is 0 Å². The van der Waals surface area contributed by atoms with Crippen LogP contribution in [0.25, 0.3) is 0 Å². The van der Waals surface area contributed by atoms with Crippen molar-refractivity contribution in [3.8, 4) is 0 Å². The maximum Gasteiger partial charge on any atom is 0.487 e. The monoisotopic (exact) mass is 202 g/mol. The molecule has 0 aromatic rings. The van der Waals surface area contributed by atoms with Crippen LogP contribution >= 0.6 is 0 Å². The summed E-state index contributed by atoms with van der Waals surface area (Å²) in [5.41, 5.74) is 0. The van der Waals surface area contributed by atoms with Gasteiger partial charge in [0.2, 0.25) is 0 Å². The first kappa shape index (κ1) is 13.7.